The van der Waals surface area contributed by atoms with Crippen molar-refractivity contribution in [2.24, 2.45) is 0 Å². The lowest BCUT2D eigenvalue weighted by atomic mass is 10.3. The summed E-state index contributed by atoms with van der Waals surface area (Å²) in [6.45, 7) is 3.37. The Labute approximate surface area is 126 Å². The number of aromatic carboxylic acids is 1. The van der Waals surface area contributed by atoms with Crippen LogP contribution in [-0.2, 0) is 22.9 Å². The van der Waals surface area contributed by atoms with Gasteiger partial charge in [-0.05, 0) is 6.92 Å². The predicted octanol–water partition coefficient (Wildman–Crippen LogP) is 0.753. The zero-order valence-corrected chi connectivity index (χ0v) is 12.8. The first-order chi connectivity index (χ1) is 10.3. The number of carboxylic acids is 1. The molecule has 22 heavy (non-hydrogen) atoms. The average Bonchev–Trinajstić information content (AvgIpc) is 3.05. The van der Waals surface area contributed by atoms with E-state index in [1.165, 1.54) is 0 Å². The number of nitrogens with zero attached hydrogens (tertiary/aromatic N) is 2. The van der Waals surface area contributed by atoms with Crippen LogP contribution in [0.2, 0.25) is 0 Å². The van der Waals surface area contributed by atoms with Crippen molar-refractivity contribution in [3.05, 3.63) is 29.3 Å². The smallest absolute Gasteiger partial charge is 0.371 e. The fourth-order valence-corrected chi connectivity index (χ4v) is 3.08. The summed E-state index contributed by atoms with van der Waals surface area (Å²) in [7, 11) is -3.88. The van der Waals surface area contributed by atoms with Crippen LogP contribution in [0.15, 0.2) is 19.9 Å². The summed E-state index contributed by atoms with van der Waals surface area (Å²) in [6.07, 6.45) is 0.484. The number of furan rings is 1. The van der Waals surface area contributed by atoms with Gasteiger partial charge in [-0.25, -0.2) is 17.9 Å². The summed E-state index contributed by atoms with van der Waals surface area (Å²) >= 11 is 0. The summed E-state index contributed by atoms with van der Waals surface area (Å²) in [5, 5.41) is 12.5. The highest BCUT2D eigenvalue weighted by molar-refractivity contribution is 7.89. The van der Waals surface area contributed by atoms with Crippen LogP contribution >= 0.6 is 0 Å². The van der Waals surface area contributed by atoms with Gasteiger partial charge in [0.1, 0.15) is 10.7 Å². The van der Waals surface area contributed by atoms with Crippen LogP contribution in [0.25, 0.3) is 0 Å². The van der Waals surface area contributed by atoms with Crippen LogP contribution in [0.1, 0.15) is 35.0 Å². The summed E-state index contributed by atoms with van der Waals surface area (Å²) < 4.78 is 36.7. The monoisotopic (exact) mass is 329 g/mol. The Morgan fingerprint density at radius 1 is 1.45 bits per heavy atom. The van der Waals surface area contributed by atoms with Crippen LogP contribution < -0.4 is 4.72 Å². The van der Waals surface area contributed by atoms with Gasteiger partial charge in [0.05, 0.1) is 0 Å². The Kier molecular flexibility index (Phi) is 4.62. The van der Waals surface area contributed by atoms with Crippen LogP contribution in [0, 0.1) is 6.92 Å². The van der Waals surface area contributed by atoms with Gasteiger partial charge in [0.2, 0.25) is 21.7 Å². The lowest BCUT2D eigenvalue weighted by molar-refractivity contribution is 0.0660. The Morgan fingerprint density at radius 2 is 2.18 bits per heavy atom. The quantitative estimate of drug-likeness (QED) is 0.759. The number of rotatable bonds is 7. The second-order valence-electron chi connectivity index (χ2n) is 4.44. The normalized spacial score (nSPS) is 11.7. The maximum absolute atomic E-state index is 12.2. The number of aryl methyl sites for hydroxylation is 2. The molecule has 0 saturated carbocycles. The van der Waals surface area contributed by atoms with Crippen molar-refractivity contribution in [2.45, 2.75) is 31.6 Å². The largest absolute Gasteiger partial charge is 0.475 e. The number of nitrogens with one attached hydrogen (secondary N) is 1. The Bertz CT molecular complexity index is 777. The number of carboxylic acid groups (broad SMARTS) is 1. The SMILES string of the molecule is CCc1oc(C(=O)O)cc1S(=O)(=O)NCCc1nc(C)no1. The van der Waals surface area contributed by atoms with Crippen molar-refractivity contribution in [3.63, 3.8) is 0 Å². The number of hydrogen-bond acceptors (Lipinski definition) is 7. The van der Waals surface area contributed by atoms with Gasteiger partial charge in [-0.2, -0.15) is 4.98 Å². The summed E-state index contributed by atoms with van der Waals surface area (Å²) in [5.74, 6) is -0.859. The van der Waals surface area contributed by atoms with Gasteiger partial charge in [-0.3, -0.25) is 0 Å². The molecule has 0 unspecified atom stereocenters. The molecule has 0 saturated heterocycles. The lowest BCUT2D eigenvalue weighted by Gasteiger charge is -2.04. The van der Waals surface area contributed by atoms with Gasteiger partial charge in [-0.15, -0.1) is 0 Å². The van der Waals surface area contributed by atoms with Gasteiger partial charge in [0.15, 0.2) is 5.82 Å². The van der Waals surface area contributed by atoms with Crippen molar-refractivity contribution in [1.82, 2.24) is 14.9 Å². The molecule has 0 amide bonds. The third kappa shape index (κ3) is 3.52. The van der Waals surface area contributed by atoms with Crippen LogP contribution in [0.3, 0.4) is 0 Å². The molecule has 0 aromatic carbocycles. The first kappa shape index (κ1) is 16.2. The standard InChI is InChI=1S/C12H15N3O6S/c1-3-8-10(6-9(20-8)12(16)17)22(18,19)13-5-4-11-14-7(2)15-21-11/h6,13H,3-5H2,1-2H3,(H,16,17). The molecule has 2 aromatic heterocycles. The minimum Gasteiger partial charge on any atom is -0.475 e. The molecule has 0 bridgehead atoms. The zero-order valence-electron chi connectivity index (χ0n) is 12.0. The Hall–Kier alpha value is -2.20. The van der Waals surface area contributed by atoms with Gasteiger partial charge in [0, 0.05) is 25.5 Å². The van der Waals surface area contributed by atoms with E-state index in [1.807, 2.05) is 0 Å². The molecular formula is C12H15N3O6S. The molecule has 0 radical (unpaired) electrons. The van der Waals surface area contributed by atoms with Crippen LogP contribution in [0.4, 0.5) is 0 Å². The molecule has 2 N–H and O–H groups in total. The van der Waals surface area contributed by atoms with E-state index in [1.54, 1.807) is 13.8 Å². The Morgan fingerprint density at radius 3 is 2.73 bits per heavy atom. The maximum Gasteiger partial charge on any atom is 0.371 e. The van der Waals surface area contributed by atoms with Crippen molar-refractivity contribution < 1.29 is 27.3 Å². The van der Waals surface area contributed by atoms with E-state index in [0.717, 1.165) is 6.07 Å². The molecule has 0 aliphatic rings. The van der Waals surface area contributed by atoms with Gasteiger partial charge in [0.25, 0.3) is 0 Å². The van der Waals surface area contributed by atoms with Crippen LogP contribution in [-0.4, -0.2) is 36.2 Å². The summed E-state index contributed by atoms with van der Waals surface area (Å²) in [6, 6.07) is 1.00. The third-order valence-corrected chi connectivity index (χ3v) is 4.30. The molecule has 0 atom stereocenters. The molecule has 0 aliphatic heterocycles. The third-order valence-electron chi connectivity index (χ3n) is 2.79. The fourth-order valence-electron chi connectivity index (χ4n) is 1.80. The van der Waals surface area contributed by atoms with E-state index in [9.17, 15) is 13.2 Å². The number of hydrogen-bond donors (Lipinski definition) is 2. The molecule has 10 heteroatoms. The second kappa shape index (κ2) is 6.28. The Balaban J connectivity index is 2.11. The highest BCUT2D eigenvalue weighted by atomic mass is 32.2. The van der Waals surface area contributed by atoms with Gasteiger partial charge < -0.3 is 14.0 Å². The molecular weight excluding hydrogens is 314 g/mol. The molecule has 0 spiro atoms. The maximum atomic E-state index is 12.2. The summed E-state index contributed by atoms with van der Waals surface area (Å²) in [5.41, 5.74) is 0. The minimum atomic E-state index is -3.88. The van der Waals surface area contributed by atoms with E-state index in [0.29, 0.717) is 11.7 Å². The van der Waals surface area contributed by atoms with E-state index in [-0.39, 0.29) is 30.0 Å². The van der Waals surface area contributed by atoms with E-state index < -0.39 is 21.8 Å². The first-order valence-corrected chi connectivity index (χ1v) is 7.96. The molecule has 0 fully saturated rings. The van der Waals surface area contributed by atoms with Crippen molar-refractivity contribution in [1.29, 1.82) is 0 Å². The average molecular weight is 329 g/mol. The van der Waals surface area contributed by atoms with Gasteiger partial charge in [-0.1, -0.05) is 12.1 Å². The molecule has 2 rings (SSSR count). The lowest BCUT2D eigenvalue weighted by Crippen LogP contribution is -2.26. The predicted molar refractivity (Wildman–Crippen MR) is 73.0 cm³/mol. The van der Waals surface area contributed by atoms with Gasteiger partial charge >= 0.3 is 5.97 Å². The van der Waals surface area contributed by atoms with Crippen LogP contribution in [0.5, 0.6) is 0 Å². The molecule has 0 aliphatic carbocycles. The number of sulfonamides is 1. The van der Waals surface area contributed by atoms with E-state index in [2.05, 4.69) is 14.9 Å². The van der Waals surface area contributed by atoms with Crippen molar-refractivity contribution in [2.75, 3.05) is 6.54 Å². The van der Waals surface area contributed by atoms with E-state index in [4.69, 9.17) is 14.0 Å². The van der Waals surface area contributed by atoms with Crippen molar-refractivity contribution in [3.8, 4) is 0 Å². The zero-order chi connectivity index (χ0) is 16.3. The highest BCUT2D eigenvalue weighted by Crippen LogP contribution is 2.21. The fraction of sp³-hybridized carbons (Fsp3) is 0.417. The number of aromatic nitrogens is 2. The molecule has 2 aromatic rings. The van der Waals surface area contributed by atoms with Crippen molar-refractivity contribution >= 4 is 16.0 Å². The molecule has 120 valence electrons. The second-order valence-corrected chi connectivity index (χ2v) is 6.18. The van der Waals surface area contributed by atoms with E-state index >= 15 is 0 Å². The molecule has 2 heterocycles. The first-order valence-electron chi connectivity index (χ1n) is 6.48. The summed E-state index contributed by atoms with van der Waals surface area (Å²) in [4.78, 5) is 14.7. The minimum absolute atomic E-state index is 0.0424. The molecule has 9 nitrogen and oxygen atoms in total. The number of carbonyl (C=O) groups is 1. The topological polar surface area (TPSA) is 136 Å². The highest BCUT2D eigenvalue weighted by Gasteiger charge is 2.24.